The maximum atomic E-state index is 4.66. The normalized spacial score (nSPS) is 22.8. The summed E-state index contributed by atoms with van der Waals surface area (Å²) in [6, 6.07) is 1.32. The van der Waals surface area contributed by atoms with Crippen LogP contribution in [0.15, 0.2) is 6.20 Å². The number of anilines is 1. The van der Waals surface area contributed by atoms with Crippen molar-refractivity contribution in [3.05, 3.63) is 17.6 Å². The van der Waals surface area contributed by atoms with Crippen LogP contribution in [0.3, 0.4) is 0 Å². The molecule has 1 N–H and O–H groups in total. The highest BCUT2D eigenvalue weighted by Gasteiger charge is 2.24. The third kappa shape index (κ3) is 3.69. The predicted octanol–water partition coefficient (Wildman–Crippen LogP) is 2.84. The Morgan fingerprint density at radius 2 is 1.90 bits per heavy atom. The molecule has 0 saturated heterocycles. The Bertz CT molecular complexity index is 424. The van der Waals surface area contributed by atoms with E-state index in [-0.39, 0.29) is 0 Å². The summed E-state index contributed by atoms with van der Waals surface area (Å²) in [5.41, 5.74) is 2.06. The van der Waals surface area contributed by atoms with Gasteiger partial charge in [0.05, 0.1) is 17.6 Å². The number of hydrogen-bond acceptors (Lipinski definition) is 4. The van der Waals surface area contributed by atoms with Crippen molar-refractivity contribution in [1.29, 1.82) is 0 Å². The molecule has 0 radical (unpaired) electrons. The summed E-state index contributed by atoms with van der Waals surface area (Å²) < 4.78 is 0. The maximum Gasteiger partial charge on any atom is 0.147 e. The van der Waals surface area contributed by atoms with Gasteiger partial charge in [-0.1, -0.05) is 6.92 Å². The number of hydrogen-bond donors (Lipinski definition) is 1. The number of nitrogens with zero attached hydrogens (tertiary/aromatic N) is 3. The molecule has 112 valence electrons. The van der Waals surface area contributed by atoms with Crippen LogP contribution in [0.5, 0.6) is 0 Å². The molecule has 0 aromatic carbocycles. The minimum absolute atomic E-state index is 0.603. The van der Waals surface area contributed by atoms with Crippen LogP contribution in [0.1, 0.15) is 50.4 Å². The molecule has 4 heteroatoms. The van der Waals surface area contributed by atoms with E-state index in [1.807, 2.05) is 20.0 Å². The van der Waals surface area contributed by atoms with Gasteiger partial charge in [-0.25, -0.2) is 4.98 Å². The molecule has 1 fully saturated rings. The van der Waals surface area contributed by atoms with Gasteiger partial charge >= 0.3 is 0 Å². The Kier molecular flexibility index (Phi) is 5.35. The second-order valence-corrected chi connectivity index (χ2v) is 5.97. The first-order valence-electron chi connectivity index (χ1n) is 7.88. The van der Waals surface area contributed by atoms with Gasteiger partial charge in [0, 0.05) is 19.1 Å². The molecule has 0 bridgehead atoms. The molecular weight excluding hydrogens is 248 g/mol. The molecule has 20 heavy (non-hydrogen) atoms. The Hall–Kier alpha value is -1.16. The summed E-state index contributed by atoms with van der Waals surface area (Å²) in [7, 11) is 2.16. The molecule has 0 spiro atoms. The quantitative estimate of drug-likeness (QED) is 0.898. The van der Waals surface area contributed by atoms with E-state index in [0.717, 1.165) is 23.8 Å². The molecule has 1 aliphatic carbocycles. The standard InChI is InChI=1S/C16H28N4/c1-5-10-17-14-6-8-15(9-7-14)20(4)16-11-18-12(2)13(3)19-16/h11,14-15,17H,5-10H2,1-4H3. The van der Waals surface area contributed by atoms with Gasteiger partial charge in [-0.2, -0.15) is 0 Å². The molecule has 0 atom stereocenters. The lowest BCUT2D eigenvalue weighted by Gasteiger charge is -2.35. The number of nitrogens with one attached hydrogen (secondary N) is 1. The summed E-state index contributed by atoms with van der Waals surface area (Å²) in [6.07, 6.45) is 8.15. The summed E-state index contributed by atoms with van der Waals surface area (Å²) in [4.78, 5) is 11.4. The van der Waals surface area contributed by atoms with Gasteiger partial charge < -0.3 is 10.2 Å². The fourth-order valence-electron chi connectivity index (χ4n) is 2.90. The summed E-state index contributed by atoms with van der Waals surface area (Å²) in [6.45, 7) is 7.42. The summed E-state index contributed by atoms with van der Waals surface area (Å²) in [5.74, 6) is 1.01. The Labute approximate surface area is 123 Å². The fraction of sp³-hybridized carbons (Fsp3) is 0.750. The minimum Gasteiger partial charge on any atom is -0.355 e. The van der Waals surface area contributed by atoms with E-state index < -0.39 is 0 Å². The Morgan fingerprint density at radius 3 is 2.50 bits per heavy atom. The number of aryl methyl sites for hydroxylation is 2. The van der Waals surface area contributed by atoms with Crippen molar-refractivity contribution in [1.82, 2.24) is 15.3 Å². The third-order valence-electron chi connectivity index (χ3n) is 4.47. The Balaban J connectivity index is 1.91. The van der Waals surface area contributed by atoms with E-state index in [0.29, 0.717) is 12.1 Å². The second-order valence-electron chi connectivity index (χ2n) is 5.97. The number of aromatic nitrogens is 2. The fourth-order valence-corrected chi connectivity index (χ4v) is 2.90. The zero-order valence-corrected chi connectivity index (χ0v) is 13.3. The van der Waals surface area contributed by atoms with Gasteiger partial charge in [0.25, 0.3) is 0 Å². The van der Waals surface area contributed by atoms with Crippen LogP contribution < -0.4 is 10.2 Å². The average molecular weight is 276 g/mol. The van der Waals surface area contributed by atoms with E-state index in [1.165, 1.54) is 32.1 Å². The van der Waals surface area contributed by atoms with Gasteiger partial charge in [0.2, 0.25) is 0 Å². The van der Waals surface area contributed by atoms with Gasteiger partial charge in [-0.05, 0) is 52.5 Å². The van der Waals surface area contributed by atoms with Gasteiger partial charge in [0.15, 0.2) is 0 Å². The molecule has 0 aliphatic heterocycles. The van der Waals surface area contributed by atoms with Gasteiger partial charge in [-0.3, -0.25) is 4.98 Å². The third-order valence-corrected chi connectivity index (χ3v) is 4.47. The molecule has 1 aromatic heterocycles. The molecule has 1 aliphatic rings. The van der Waals surface area contributed by atoms with Crippen molar-refractivity contribution in [3.8, 4) is 0 Å². The maximum absolute atomic E-state index is 4.66. The van der Waals surface area contributed by atoms with Crippen LogP contribution in [0.4, 0.5) is 5.82 Å². The zero-order valence-electron chi connectivity index (χ0n) is 13.3. The van der Waals surface area contributed by atoms with Crippen LogP contribution in [-0.4, -0.2) is 35.6 Å². The average Bonchev–Trinajstić information content (AvgIpc) is 2.48. The summed E-state index contributed by atoms with van der Waals surface area (Å²) in [5, 5.41) is 3.64. The predicted molar refractivity (Wildman–Crippen MR) is 84.2 cm³/mol. The number of rotatable bonds is 5. The van der Waals surface area contributed by atoms with Crippen LogP contribution in [0.25, 0.3) is 0 Å². The van der Waals surface area contributed by atoms with Gasteiger partial charge in [0.1, 0.15) is 5.82 Å². The lowest BCUT2D eigenvalue weighted by atomic mass is 9.90. The van der Waals surface area contributed by atoms with Crippen molar-refractivity contribution >= 4 is 5.82 Å². The van der Waals surface area contributed by atoms with Gasteiger partial charge in [-0.15, -0.1) is 0 Å². The zero-order chi connectivity index (χ0) is 14.5. The van der Waals surface area contributed by atoms with E-state index in [4.69, 9.17) is 0 Å². The summed E-state index contributed by atoms with van der Waals surface area (Å²) >= 11 is 0. The van der Waals surface area contributed by atoms with Crippen molar-refractivity contribution < 1.29 is 0 Å². The molecule has 4 nitrogen and oxygen atoms in total. The molecular formula is C16H28N4. The minimum atomic E-state index is 0.603. The highest BCUT2D eigenvalue weighted by Crippen LogP contribution is 2.25. The second kappa shape index (κ2) is 7.02. The molecule has 2 rings (SSSR count). The van der Waals surface area contributed by atoms with E-state index in [2.05, 4.69) is 34.2 Å². The lowest BCUT2D eigenvalue weighted by molar-refractivity contribution is 0.336. The molecule has 1 aromatic rings. The SMILES string of the molecule is CCCNC1CCC(N(C)c2cnc(C)c(C)n2)CC1. The van der Waals surface area contributed by atoms with Crippen LogP contribution in [-0.2, 0) is 0 Å². The largest absolute Gasteiger partial charge is 0.355 e. The first-order chi connectivity index (χ1) is 9.61. The Morgan fingerprint density at radius 1 is 1.20 bits per heavy atom. The molecule has 1 heterocycles. The first kappa shape index (κ1) is 15.2. The van der Waals surface area contributed by atoms with E-state index >= 15 is 0 Å². The van der Waals surface area contributed by atoms with Crippen molar-refractivity contribution in [3.63, 3.8) is 0 Å². The highest BCUT2D eigenvalue weighted by atomic mass is 15.2. The highest BCUT2D eigenvalue weighted by molar-refractivity contribution is 5.38. The topological polar surface area (TPSA) is 41.0 Å². The van der Waals surface area contributed by atoms with Crippen LogP contribution in [0, 0.1) is 13.8 Å². The van der Waals surface area contributed by atoms with Crippen molar-refractivity contribution in [2.75, 3.05) is 18.5 Å². The van der Waals surface area contributed by atoms with Crippen molar-refractivity contribution in [2.24, 2.45) is 0 Å². The van der Waals surface area contributed by atoms with E-state index in [1.54, 1.807) is 0 Å². The first-order valence-corrected chi connectivity index (χ1v) is 7.88. The van der Waals surface area contributed by atoms with Crippen LogP contribution in [0.2, 0.25) is 0 Å². The van der Waals surface area contributed by atoms with Crippen molar-refractivity contribution in [2.45, 2.75) is 65.0 Å². The molecule has 0 amide bonds. The smallest absolute Gasteiger partial charge is 0.147 e. The van der Waals surface area contributed by atoms with E-state index in [9.17, 15) is 0 Å². The molecule has 0 unspecified atom stereocenters. The molecule has 1 saturated carbocycles. The van der Waals surface area contributed by atoms with Crippen LogP contribution >= 0.6 is 0 Å². The monoisotopic (exact) mass is 276 g/mol. The lowest BCUT2D eigenvalue weighted by Crippen LogP contribution is -2.41.